The SMILES string of the molecule is COc1c(O)cc(C[C@H](N)C(=O)O)cc1B1OC(C)(C)C(C)(C)O1. The monoisotopic (exact) mass is 337 g/mol. The second-order valence-electron chi connectivity index (χ2n) is 6.97. The fourth-order valence-corrected chi connectivity index (χ4v) is 2.52. The van der Waals surface area contributed by atoms with Crippen molar-refractivity contribution in [1.82, 2.24) is 0 Å². The summed E-state index contributed by atoms with van der Waals surface area (Å²) in [6.07, 6.45) is 0.0688. The highest BCUT2D eigenvalue weighted by Gasteiger charge is 2.52. The van der Waals surface area contributed by atoms with Crippen LogP contribution >= 0.6 is 0 Å². The first-order chi connectivity index (χ1) is 11.0. The van der Waals surface area contributed by atoms with Crippen LogP contribution < -0.4 is 15.9 Å². The minimum atomic E-state index is -1.11. The second-order valence-corrected chi connectivity index (χ2v) is 6.97. The Balaban J connectivity index is 2.42. The van der Waals surface area contributed by atoms with Crippen molar-refractivity contribution in [2.45, 2.75) is 51.4 Å². The molecule has 1 atom stereocenters. The van der Waals surface area contributed by atoms with Gasteiger partial charge in [-0.2, -0.15) is 0 Å². The van der Waals surface area contributed by atoms with Gasteiger partial charge in [0.2, 0.25) is 0 Å². The zero-order valence-corrected chi connectivity index (χ0v) is 14.6. The number of hydrogen-bond acceptors (Lipinski definition) is 6. The van der Waals surface area contributed by atoms with E-state index in [1.165, 1.54) is 13.2 Å². The molecule has 1 aromatic carbocycles. The van der Waals surface area contributed by atoms with E-state index in [9.17, 15) is 9.90 Å². The van der Waals surface area contributed by atoms with Crippen molar-refractivity contribution >= 4 is 18.6 Å². The van der Waals surface area contributed by atoms with E-state index in [1.807, 2.05) is 27.7 Å². The summed E-state index contributed by atoms with van der Waals surface area (Å²) in [5.74, 6) is -0.985. The molecule has 1 saturated heterocycles. The van der Waals surface area contributed by atoms with Crippen molar-refractivity contribution in [2.24, 2.45) is 5.73 Å². The third-order valence-electron chi connectivity index (χ3n) is 4.64. The lowest BCUT2D eigenvalue weighted by Crippen LogP contribution is -2.41. The molecule has 0 aromatic heterocycles. The van der Waals surface area contributed by atoms with Crippen LogP contribution in [-0.4, -0.2) is 47.7 Å². The largest absolute Gasteiger partial charge is 0.504 e. The Hall–Kier alpha value is -1.77. The lowest BCUT2D eigenvalue weighted by Gasteiger charge is -2.32. The van der Waals surface area contributed by atoms with E-state index in [1.54, 1.807) is 6.07 Å². The van der Waals surface area contributed by atoms with Gasteiger partial charge >= 0.3 is 13.1 Å². The molecule has 0 radical (unpaired) electrons. The van der Waals surface area contributed by atoms with Gasteiger partial charge in [0.25, 0.3) is 0 Å². The summed E-state index contributed by atoms with van der Waals surface area (Å²) in [5.41, 5.74) is 5.55. The molecule has 1 heterocycles. The molecule has 24 heavy (non-hydrogen) atoms. The number of phenols is 1. The number of aliphatic carboxylic acids is 1. The Labute approximate surface area is 141 Å². The van der Waals surface area contributed by atoms with Crippen LogP contribution in [-0.2, 0) is 20.5 Å². The number of benzene rings is 1. The van der Waals surface area contributed by atoms with Crippen LogP contribution in [0.4, 0.5) is 0 Å². The Morgan fingerprint density at radius 3 is 2.29 bits per heavy atom. The maximum atomic E-state index is 11.0. The van der Waals surface area contributed by atoms with Crippen LogP contribution in [0.2, 0.25) is 0 Å². The van der Waals surface area contributed by atoms with Gasteiger partial charge in [0.05, 0.1) is 18.3 Å². The molecular weight excluding hydrogens is 313 g/mol. The second kappa shape index (κ2) is 6.27. The molecule has 1 fully saturated rings. The number of carboxylic acids is 1. The molecule has 0 saturated carbocycles. The van der Waals surface area contributed by atoms with Crippen molar-refractivity contribution < 1.29 is 29.1 Å². The lowest BCUT2D eigenvalue weighted by atomic mass is 9.77. The zero-order valence-electron chi connectivity index (χ0n) is 14.6. The summed E-state index contributed by atoms with van der Waals surface area (Å²) < 4.78 is 17.3. The van der Waals surface area contributed by atoms with Gasteiger partial charge in [-0.15, -0.1) is 0 Å². The fourth-order valence-electron chi connectivity index (χ4n) is 2.52. The van der Waals surface area contributed by atoms with E-state index in [4.69, 9.17) is 24.9 Å². The number of nitrogens with two attached hydrogens (primary N) is 1. The molecule has 0 unspecified atom stereocenters. The Morgan fingerprint density at radius 1 is 1.29 bits per heavy atom. The third kappa shape index (κ3) is 3.36. The standard InChI is InChI=1S/C16H24BNO6/c1-15(2)16(3,4)24-17(23-15)10-6-9(7-11(18)14(20)21)8-12(19)13(10)22-5/h6,8,11,19H,7,18H2,1-5H3,(H,20,21)/t11-/m0/s1. The first kappa shape index (κ1) is 18.6. The molecule has 1 aromatic rings. The molecule has 132 valence electrons. The first-order valence-corrected chi connectivity index (χ1v) is 7.72. The van der Waals surface area contributed by atoms with E-state index < -0.39 is 30.3 Å². The molecule has 2 rings (SSSR count). The number of carbonyl (C=O) groups is 1. The molecule has 4 N–H and O–H groups in total. The molecule has 8 heteroatoms. The summed E-state index contributed by atoms with van der Waals surface area (Å²) in [5, 5.41) is 19.2. The maximum Gasteiger partial charge on any atom is 0.498 e. The first-order valence-electron chi connectivity index (χ1n) is 7.72. The average molecular weight is 337 g/mol. The number of aromatic hydroxyl groups is 1. The highest BCUT2D eigenvalue weighted by atomic mass is 16.7. The molecular formula is C16H24BNO6. The highest BCUT2D eigenvalue weighted by Crippen LogP contribution is 2.38. The van der Waals surface area contributed by atoms with Gasteiger partial charge in [-0.1, -0.05) is 6.07 Å². The van der Waals surface area contributed by atoms with Crippen LogP contribution in [0.3, 0.4) is 0 Å². The van der Waals surface area contributed by atoms with Gasteiger partial charge in [-0.05, 0) is 45.7 Å². The van der Waals surface area contributed by atoms with Crippen LogP contribution in [0.25, 0.3) is 0 Å². The van der Waals surface area contributed by atoms with E-state index in [0.717, 1.165) is 0 Å². The molecule has 7 nitrogen and oxygen atoms in total. The third-order valence-corrected chi connectivity index (χ3v) is 4.64. The summed E-state index contributed by atoms with van der Waals surface area (Å²) >= 11 is 0. The van der Waals surface area contributed by atoms with Crippen molar-refractivity contribution in [1.29, 1.82) is 0 Å². The molecule has 1 aliphatic rings. The van der Waals surface area contributed by atoms with Crippen molar-refractivity contribution in [3.05, 3.63) is 17.7 Å². The van der Waals surface area contributed by atoms with Gasteiger partial charge in [0, 0.05) is 5.46 Å². The summed E-state index contributed by atoms with van der Waals surface area (Å²) in [6, 6.07) is 2.07. The Kier molecular flexibility index (Phi) is 4.85. The van der Waals surface area contributed by atoms with Crippen LogP contribution in [0.15, 0.2) is 12.1 Å². The summed E-state index contributed by atoms with van der Waals surface area (Å²) in [6.45, 7) is 7.68. The lowest BCUT2D eigenvalue weighted by molar-refractivity contribution is -0.138. The molecule has 0 bridgehead atoms. The van der Waals surface area contributed by atoms with E-state index in [-0.39, 0.29) is 17.9 Å². The predicted octanol–water partition coefficient (Wildman–Crippen LogP) is 0.654. The highest BCUT2D eigenvalue weighted by molar-refractivity contribution is 6.63. The molecule has 0 spiro atoms. The quantitative estimate of drug-likeness (QED) is 0.677. The van der Waals surface area contributed by atoms with Gasteiger partial charge < -0.3 is 30.0 Å². The van der Waals surface area contributed by atoms with Gasteiger partial charge in [0.1, 0.15) is 6.04 Å². The molecule has 0 aliphatic carbocycles. The van der Waals surface area contributed by atoms with Crippen LogP contribution in [0.1, 0.15) is 33.3 Å². The van der Waals surface area contributed by atoms with Gasteiger partial charge in [-0.3, -0.25) is 4.79 Å². The number of phenolic OH excluding ortho intramolecular Hbond substituents is 1. The number of methoxy groups -OCH3 is 1. The molecule has 1 aliphatic heterocycles. The van der Waals surface area contributed by atoms with Crippen molar-refractivity contribution in [2.75, 3.05) is 7.11 Å². The number of hydrogen-bond donors (Lipinski definition) is 3. The van der Waals surface area contributed by atoms with Gasteiger partial charge in [0.15, 0.2) is 11.5 Å². The summed E-state index contributed by atoms with van der Waals surface area (Å²) in [7, 11) is 0.698. The van der Waals surface area contributed by atoms with Crippen LogP contribution in [0.5, 0.6) is 11.5 Å². The smallest absolute Gasteiger partial charge is 0.498 e. The van der Waals surface area contributed by atoms with Crippen LogP contribution in [0, 0.1) is 0 Å². The Morgan fingerprint density at radius 2 is 1.83 bits per heavy atom. The van der Waals surface area contributed by atoms with Crippen molar-refractivity contribution in [3.63, 3.8) is 0 Å². The topological polar surface area (TPSA) is 111 Å². The Bertz CT molecular complexity index is 630. The number of carboxylic acid groups (broad SMARTS) is 1. The number of ether oxygens (including phenoxy) is 1. The van der Waals surface area contributed by atoms with E-state index >= 15 is 0 Å². The average Bonchev–Trinajstić information content (AvgIpc) is 2.66. The fraction of sp³-hybridized carbons (Fsp3) is 0.562. The molecule has 0 amide bonds. The normalized spacial score (nSPS) is 20.0. The minimum Gasteiger partial charge on any atom is -0.504 e. The van der Waals surface area contributed by atoms with Crippen molar-refractivity contribution in [3.8, 4) is 11.5 Å². The maximum absolute atomic E-state index is 11.0. The van der Waals surface area contributed by atoms with E-state index in [2.05, 4.69) is 0 Å². The van der Waals surface area contributed by atoms with E-state index in [0.29, 0.717) is 11.0 Å². The van der Waals surface area contributed by atoms with Gasteiger partial charge in [-0.25, -0.2) is 0 Å². The number of rotatable bonds is 5. The minimum absolute atomic E-state index is 0.0688. The zero-order chi connectivity index (χ0) is 18.3. The predicted molar refractivity (Wildman–Crippen MR) is 89.7 cm³/mol. The summed E-state index contributed by atoms with van der Waals surface area (Å²) in [4.78, 5) is 11.0.